The molecule has 0 atom stereocenters. The first kappa shape index (κ1) is 24.5. The number of anilines is 3. The number of piperazine rings is 1. The van der Waals surface area contributed by atoms with Crippen LogP contribution in [0.5, 0.6) is 0 Å². The Balaban J connectivity index is 1.23. The van der Waals surface area contributed by atoms with E-state index in [1.807, 2.05) is 12.1 Å². The maximum Gasteiger partial charge on any atom is 0.338 e. The van der Waals surface area contributed by atoms with Gasteiger partial charge in [-0.3, -0.25) is 4.79 Å². The highest BCUT2D eigenvalue weighted by atomic mass is 32.2. The molecule has 4 rings (SSSR count). The SMILES string of the molecule is CCOC(=O)c1ccc(NC(=O)CSc2ccc(N3CCN(c4cccc(C)c4)CC3)nn2)cc1. The molecule has 0 bridgehead atoms. The van der Waals surface area contributed by atoms with Crippen LogP contribution in [0.4, 0.5) is 17.2 Å². The molecule has 0 saturated carbocycles. The topological polar surface area (TPSA) is 87.7 Å². The molecule has 1 N–H and O–H groups in total. The van der Waals surface area contributed by atoms with Crippen LogP contribution in [0.15, 0.2) is 65.7 Å². The lowest BCUT2D eigenvalue weighted by Crippen LogP contribution is -2.46. The molecule has 1 aliphatic rings. The van der Waals surface area contributed by atoms with Gasteiger partial charge in [0.05, 0.1) is 17.9 Å². The lowest BCUT2D eigenvalue weighted by Gasteiger charge is -2.36. The Kier molecular flexibility index (Phi) is 8.20. The summed E-state index contributed by atoms with van der Waals surface area (Å²) in [6.07, 6.45) is 0. The number of ether oxygens (including phenoxy) is 1. The molecule has 2 heterocycles. The number of aromatic nitrogens is 2. The Labute approximate surface area is 209 Å². The smallest absolute Gasteiger partial charge is 0.338 e. The Morgan fingerprint density at radius 3 is 2.37 bits per heavy atom. The number of nitrogens with zero attached hydrogens (tertiary/aromatic N) is 4. The molecule has 3 aromatic rings. The lowest BCUT2D eigenvalue weighted by molar-refractivity contribution is -0.113. The molecule has 1 saturated heterocycles. The third-order valence-electron chi connectivity index (χ3n) is 5.63. The van der Waals surface area contributed by atoms with E-state index >= 15 is 0 Å². The van der Waals surface area contributed by atoms with E-state index in [4.69, 9.17) is 4.74 Å². The van der Waals surface area contributed by atoms with Gasteiger partial charge in [0.15, 0.2) is 5.82 Å². The first-order valence-corrected chi connectivity index (χ1v) is 12.6. The van der Waals surface area contributed by atoms with Crippen LogP contribution in [0.25, 0.3) is 0 Å². The summed E-state index contributed by atoms with van der Waals surface area (Å²) in [4.78, 5) is 28.7. The minimum Gasteiger partial charge on any atom is -0.462 e. The van der Waals surface area contributed by atoms with E-state index in [0.717, 1.165) is 32.0 Å². The number of aryl methyl sites for hydroxylation is 1. The molecular formula is C26H29N5O3S. The molecule has 1 amide bonds. The number of rotatable bonds is 8. The van der Waals surface area contributed by atoms with Crippen LogP contribution in [0, 0.1) is 6.92 Å². The standard InChI is InChI=1S/C26H29N5O3S/c1-3-34-26(33)20-7-9-21(10-8-20)27-24(32)18-35-25-12-11-23(28-29-25)31-15-13-30(14-16-31)22-6-4-5-19(2)17-22/h4-12,17H,3,13-16,18H2,1-2H3,(H,27,32). The van der Waals surface area contributed by atoms with Gasteiger partial charge in [-0.05, 0) is 67.9 Å². The van der Waals surface area contributed by atoms with Crippen LogP contribution in [0.1, 0.15) is 22.8 Å². The van der Waals surface area contributed by atoms with Crippen LogP contribution < -0.4 is 15.1 Å². The normalized spacial score (nSPS) is 13.4. The van der Waals surface area contributed by atoms with Crippen molar-refractivity contribution in [2.75, 3.05) is 53.7 Å². The van der Waals surface area contributed by atoms with Crippen molar-refractivity contribution in [3.8, 4) is 0 Å². The summed E-state index contributed by atoms with van der Waals surface area (Å²) in [5.74, 6) is 0.528. The maximum atomic E-state index is 12.3. The molecule has 2 aromatic carbocycles. The van der Waals surface area contributed by atoms with E-state index in [9.17, 15) is 9.59 Å². The van der Waals surface area contributed by atoms with Crippen LogP contribution in [0.2, 0.25) is 0 Å². The number of hydrogen-bond acceptors (Lipinski definition) is 8. The molecule has 1 fully saturated rings. The van der Waals surface area contributed by atoms with Gasteiger partial charge in [-0.1, -0.05) is 23.9 Å². The van der Waals surface area contributed by atoms with Crippen molar-refractivity contribution >= 4 is 40.8 Å². The van der Waals surface area contributed by atoms with Gasteiger partial charge in [0.2, 0.25) is 5.91 Å². The van der Waals surface area contributed by atoms with E-state index in [1.165, 1.54) is 23.0 Å². The number of carbonyl (C=O) groups is 2. The van der Waals surface area contributed by atoms with E-state index in [-0.39, 0.29) is 17.6 Å². The number of hydrogen-bond donors (Lipinski definition) is 1. The summed E-state index contributed by atoms with van der Waals surface area (Å²) >= 11 is 1.33. The number of esters is 1. The molecule has 182 valence electrons. The third-order valence-corrected chi connectivity index (χ3v) is 6.55. The van der Waals surface area contributed by atoms with Gasteiger partial charge in [-0.15, -0.1) is 10.2 Å². The van der Waals surface area contributed by atoms with E-state index in [1.54, 1.807) is 31.2 Å². The molecule has 0 spiro atoms. The summed E-state index contributed by atoms with van der Waals surface area (Å²) in [6.45, 7) is 7.83. The average Bonchev–Trinajstić information content (AvgIpc) is 2.88. The summed E-state index contributed by atoms with van der Waals surface area (Å²) in [6, 6.07) is 19.1. The second-order valence-corrected chi connectivity index (χ2v) is 9.17. The third kappa shape index (κ3) is 6.73. The predicted octanol–water partition coefficient (Wildman–Crippen LogP) is 4.02. The first-order chi connectivity index (χ1) is 17.0. The zero-order valence-corrected chi connectivity index (χ0v) is 20.8. The van der Waals surface area contributed by atoms with Gasteiger partial charge < -0.3 is 19.9 Å². The molecule has 8 nitrogen and oxygen atoms in total. The fourth-order valence-electron chi connectivity index (χ4n) is 3.82. The van der Waals surface area contributed by atoms with Crippen molar-refractivity contribution < 1.29 is 14.3 Å². The fourth-order valence-corrected chi connectivity index (χ4v) is 4.43. The summed E-state index contributed by atoms with van der Waals surface area (Å²) < 4.78 is 4.96. The van der Waals surface area contributed by atoms with E-state index in [0.29, 0.717) is 22.9 Å². The second-order valence-electron chi connectivity index (χ2n) is 8.18. The second kappa shape index (κ2) is 11.7. The Hall–Kier alpha value is -3.59. The van der Waals surface area contributed by atoms with Gasteiger partial charge in [-0.25, -0.2) is 4.79 Å². The Morgan fingerprint density at radius 2 is 1.71 bits per heavy atom. The van der Waals surface area contributed by atoms with E-state index < -0.39 is 0 Å². The van der Waals surface area contributed by atoms with Crippen molar-refractivity contribution in [1.82, 2.24) is 10.2 Å². The Morgan fingerprint density at radius 1 is 0.971 bits per heavy atom. The highest BCUT2D eigenvalue weighted by Crippen LogP contribution is 2.22. The van der Waals surface area contributed by atoms with Crippen molar-refractivity contribution in [3.63, 3.8) is 0 Å². The predicted molar refractivity (Wildman–Crippen MR) is 139 cm³/mol. The first-order valence-electron chi connectivity index (χ1n) is 11.6. The molecule has 1 aromatic heterocycles. The van der Waals surface area contributed by atoms with E-state index in [2.05, 4.69) is 56.5 Å². The fraction of sp³-hybridized carbons (Fsp3) is 0.308. The summed E-state index contributed by atoms with van der Waals surface area (Å²) in [5, 5.41) is 12.2. The minimum atomic E-state index is -0.379. The highest BCUT2D eigenvalue weighted by molar-refractivity contribution is 7.99. The van der Waals surface area contributed by atoms with Gasteiger partial charge >= 0.3 is 5.97 Å². The molecule has 0 radical (unpaired) electrons. The zero-order valence-electron chi connectivity index (χ0n) is 19.9. The molecule has 35 heavy (non-hydrogen) atoms. The van der Waals surface area contributed by atoms with Crippen LogP contribution in [-0.4, -0.2) is 60.6 Å². The zero-order chi connectivity index (χ0) is 24.6. The highest BCUT2D eigenvalue weighted by Gasteiger charge is 2.19. The molecular weight excluding hydrogens is 462 g/mol. The van der Waals surface area contributed by atoms with Crippen molar-refractivity contribution in [2.45, 2.75) is 18.9 Å². The molecule has 0 unspecified atom stereocenters. The van der Waals surface area contributed by atoms with Gasteiger partial charge in [0.25, 0.3) is 0 Å². The van der Waals surface area contributed by atoms with Crippen molar-refractivity contribution in [2.24, 2.45) is 0 Å². The van der Waals surface area contributed by atoms with Gasteiger partial charge in [0, 0.05) is 37.6 Å². The maximum absolute atomic E-state index is 12.3. The number of nitrogens with one attached hydrogen (secondary N) is 1. The Bertz CT molecular complexity index is 1150. The molecule has 0 aliphatic carbocycles. The van der Waals surface area contributed by atoms with Crippen LogP contribution in [-0.2, 0) is 9.53 Å². The molecule has 1 aliphatic heterocycles. The van der Waals surface area contributed by atoms with Gasteiger partial charge in [-0.2, -0.15) is 0 Å². The number of benzene rings is 2. The monoisotopic (exact) mass is 491 g/mol. The minimum absolute atomic E-state index is 0.156. The quantitative estimate of drug-likeness (QED) is 0.374. The number of amides is 1. The van der Waals surface area contributed by atoms with Gasteiger partial charge in [0.1, 0.15) is 5.03 Å². The van der Waals surface area contributed by atoms with Crippen LogP contribution >= 0.6 is 11.8 Å². The van der Waals surface area contributed by atoms with Crippen molar-refractivity contribution in [1.29, 1.82) is 0 Å². The largest absolute Gasteiger partial charge is 0.462 e. The number of thioether (sulfide) groups is 1. The van der Waals surface area contributed by atoms with Crippen molar-refractivity contribution in [3.05, 3.63) is 71.8 Å². The summed E-state index contributed by atoms with van der Waals surface area (Å²) in [7, 11) is 0. The number of carbonyl (C=O) groups excluding carboxylic acids is 2. The molecule has 9 heteroatoms. The average molecular weight is 492 g/mol. The summed E-state index contributed by atoms with van der Waals surface area (Å²) in [5.41, 5.74) is 3.60. The van der Waals surface area contributed by atoms with Crippen LogP contribution in [0.3, 0.4) is 0 Å². The lowest BCUT2D eigenvalue weighted by atomic mass is 10.2.